The normalized spacial score (nSPS) is 33.7. The predicted octanol–water partition coefficient (Wildman–Crippen LogP) is 3.20. The van der Waals surface area contributed by atoms with Crippen LogP contribution in [0.5, 0.6) is 0 Å². The molecule has 1 aliphatic carbocycles. The molecule has 1 rings (SSSR count). The van der Waals surface area contributed by atoms with E-state index in [1.165, 1.54) is 32.1 Å². The first-order valence-corrected chi connectivity index (χ1v) is 4.28. The molecule has 1 aliphatic rings. The van der Waals surface area contributed by atoms with Crippen molar-refractivity contribution in [3.05, 3.63) is 19.6 Å². The van der Waals surface area contributed by atoms with Crippen LogP contribution in [0, 0.1) is 18.8 Å². The summed E-state index contributed by atoms with van der Waals surface area (Å²) in [6, 6.07) is 0. The van der Waals surface area contributed by atoms with Crippen LogP contribution in [0.2, 0.25) is 0 Å². The molecule has 10 heavy (non-hydrogen) atoms. The summed E-state index contributed by atoms with van der Waals surface area (Å²) in [6.07, 6.45) is 8.72. The van der Waals surface area contributed by atoms with E-state index < -0.39 is 0 Å². The maximum absolute atomic E-state index is 4.15. The van der Waals surface area contributed by atoms with Crippen molar-refractivity contribution in [1.29, 1.82) is 0 Å². The fourth-order valence-corrected chi connectivity index (χ4v) is 1.81. The van der Waals surface area contributed by atoms with Crippen LogP contribution in [0.25, 0.3) is 0 Å². The average Bonchev–Trinajstić information content (AvgIpc) is 1.94. The first-order valence-electron chi connectivity index (χ1n) is 4.28. The molecule has 1 saturated carbocycles. The molecule has 0 aromatic rings. The fourth-order valence-electron chi connectivity index (χ4n) is 1.81. The lowest BCUT2D eigenvalue weighted by Crippen LogP contribution is -2.15. The lowest BCUT2D eigenvalue weighted by atomic mass is 9.79. The van der Waals surface area contributed by atoms with Gasteiger partial charge in [-0.25, -0.2) is 0 Å². The van der Waals surface area contributed by atoms with Crippen molar-refractivity contribution in [3.8, 4) is 0 Å². The van der Waals surface area contributed by atoms with Gasteiger partial charge in [-0.15, -0.1) is 6.58 Å². The molecule has 0 N–H and O–H groups in total. The molecule has 0 aliphatic heterocycles. The van der Waals surface area contributed by atoms with Gasteiger partial charge in [-0.2, -0.15) is 0 Å². The number of hydrogen-bond acceptors (Lipinski definition) is 0. The van der Waals surface area contributed by atoms with Crippen molar-refractivity contribution in [1.82, 2.24) is 0 Å². The topological polar surface area (TPSA) is 0 Å². The van der Waals surface area contributed by atoms with Gasteiger partial charge in [0.15, 0.2) is 0 Å². The molecule has 0 saturated heterocycles. The van der Waals surface area contributed by atoms with Crippen LogP contribution in [0.1, 0.15) is 32.1 Å². The second-order valence-electron chi connectivity index (χ2n) is 3.33. The Morgan fingerprint density at radius 1 is 1.30 bits per heavy atom. The smallest absolute Gasteiger partial charge is 0.0322 e. The van der Waals surface area contributed by atoms with E-state index in [9.17, 15) is 0 Å². The Balaban J connectivity index is 2.32. The Kier molecular flexibility index (Phi) is 2.98. The molecule has 0 bridgehead atoms. The van der Waals surface area contributed by atoms with Crippen molar-refractivity contribution in [2.75, 3.05) is 0 Å². The molecule has 0 aromatic carbocycles. The van der Waals surface area contributed by atoms with Crippen LogP contribution in [-0.4, -0.2) is 0 Å². The van der Waals surface area contributed by atoms with Crippen molar-refractivity contribution < 1.29 is 0 Å². The van der Waals surface area contributed by atoms with Crippen molar-refractivity contribution >= 4 is 0 Å². The highest BCUT2D eigenvalue weighted by atomic mass is 14.2. The molecule has 57 valence electrons. The summed E-state index contributed by atoms with van der Waals surface area (Å²) >= 11 is 0. The van der Waals surface area contributed by atoms with Gasteiger partial charge in [0.05, 0.1) is 0 Å². The second kappa shape index (κ2) is 3.80. The lowest BCUT2D eigenvalue weighted by molar-refractivity contribution is 0.284. The molecule has 1 radical (unpaired) electrons. The summed E-state index contributed by atoms with van der Waals surface area (Å²) < 4.78 is 0. The van der Waals surface area contributed by atoms with Gasteiger partial charge in [0.1, 0.15) is 0 Å². The highest BCUT2D eigenvalue weighted by Gasteiger charge is 2.19. The lowest BCUT2D eigenvalue weighted by Gasteiger charge is -2.27. The summed E-state index contributed by atoms with van der Waals surface area (Å²) in [5.41, 5.74) is 0. The molecule has 0 amide bonds. The molecular weight excluding hydrogens is 120 g/mol. The van der Waals surface area contributed by atoms with E-state index in [-0.39, 0.29) is 0 Å². The number of hydrogen-bond donors (Lipinski definition) is 0. The third-order valence-electron chi connectivity index (χ3n) is 2.54. The molecule has 0 aromatic heterocycles. The van der Waals surface area contributed by atoms with Crippen LogP contribution < -0.4 is 0 Å². The SMILES string of the molecule is [CH2]C1CCCCC1CC=C. The second-order valence-corrected chi connectivity index (χ2v) is 3.33. The van der Waals surface area contributed by atoms with Gasteiger partial charge in [0, 0.05) is 0 Å². The standard InChI is InChI=1S/C10H17/c1-3-6-10-8-5-4-7-9(10)2/h3,9-10H,1-2,4-8H2. The highest BCUT2D eigenvalue weighted by Crippen LogP contribution is 2.31. The molecule has 2 atom stereocenters. The zero-order chi connectivity index (χ0) is 7.40. The summed E-state index contributed by atoms with van der Waals surface area (Å²) in [7, 11) is 0. The highest BCUT2D eigenvalue weighted by molar-refractivity contribution is 4.82. The van der Waals surface area contributed by atoms with Crippen molar-refractivity contribution in [3.63, 3.8) is 0 Å². The summed E-state index contributed by atoms with van der Waals surface area (Å²) in [5.74, 6) is 1.54. The van der Waals surface area contributed by atoms with Gasteiger partial charge < -0.3 is 0 Å². The van der Waals surface area contributed by atoms with Gasteiger partial charge in [0.2, 0.25) is 0 Å². The van der Waals surface area contributed by atoms with Gasteiger partial charge in [-0.3, -0.25) is 0 Å². The predicted molar refractivity (Wildman–Crippen MR) is 45.6 cm³/mol. The minimum Gasteiger partial charge on any atom is -0.103 e. The molecule has 0 heterocycles. The van der Waals surface area contributed by atoms with E-state index in [0.717, 1.165) is 5.92 Å². The Bertz CT molecular complexity index is 105. The van der Waals surface area contributed by atoms with E-state index in [2.05, 4.69) is 13.5 Å². The third-order valence-corrected chi connectivity index (χ3v) is 2.54. The molecule has 0 spiro atoms. The van der Waals surface area contributed by atoms with E-state index in [1.54, 1.807) is 0 Å². The largest absolute Gasteiger partial charge is 0.103 e. The summed E-state index contributed by atoms with van der Waals surface area (Å²) in [4.78, 5) is 0. The molecule has 2 unspecified atom stereocenters. The van der Waals surface area contributed by atoms with E-state index in [0.29, 0.717) is 5.92 Å². The molecule has 1 fully saturated rings. The zero-order valence-corrected chi connectivity index (χ0v) is 6.68. The minimum absolute atomic E-state index is 0.701. The van der Waals surface area contributed by atoms with Gasteiger partial charge in [-0.05, 0) is 31.6 Å². The fraction of sp³-hybridized carbons (Fsp3) is 0.700. The summed E-state index contributed by atoms with van der Waals surface area (Å²) in [6.45, 7) is 7.91. The monoisotopic (exact) mass is 137 g/mol. The van der Waals surface area contributed by atoms with Gasteiger partial charge in [0.25, 0.3) is 0 Å². The Morgan fingerprint density at radius 3 is 2.60 bits per heavy atom. The Labute approximate surface area is 64.3 Å². The van der Waals surface area contributed by atoms with Crippen LogP contribution in [-0.2, 0) is 0 Å². The van der Waals surface area contributed by atoms with Crippen molar-refractivity contribution in [2.24, 2.45) is 11.8 Å². The average molecular weight is 137 g/mol. The van der Waals surface area contributed by atoms with E-state index in [1.807, 2.05) is 6.08 Å². The van der Waals surface area contributed by atoms with Crippen LogP contribution in [0.4, 0.5) is 0 Å². The Hall–Kier alpha value is -0.260. The molecule has 0 heteroatoms. The number of allylic oxidation sites excluding steroid dienone is 1. The number of rotatable bonds is 2. The van der Waals surface area contributed by atoms with Crippen LogP contribution in [0.15, 0.2) is 12.7 Å². The minimum atomic E-state index is 0.701. The maximum Gasteiger partial charge on any atom is -0.0322 e. The van der Waals surface area contributed by atoms with E-state index >= 15 is 0 Å². The van der Waals surface area contributed by atoms with E-state index in [4.69, 9.17) is 0 Å². The third kappa shape index (κ3) is 1.86. The summed E-state index contributed by atoms with van der Waals surface area (Å²) in [5, 5.41) is 0. The first-order chi connectivity index (χ1) is 4.84. The van der Waals surface area contributed by atoms with Crippen molar-refractivity contribution in [2.45, 2.75) is 32.1 Å². The maximum atomic E-state index is 4.15. The van der Waals surface area contributed by atoms with Crippen LogP contribution >= 0.6 is 0 Å². The zero-order valence-electron chi connectivity index (χ0n) is 6.68. The van der Waals surface area contributed by atoms with Gasteiger partial charge >= 0.3 is 0 Å². The molecular formula is C10H17. The quantitative estimate of drug-likeness (QED) is 0.513. The van der Waals surface area contributed by atoms with Gasteiger partial charge in [-0.1, -0.05) is 25.3 Å². The molecule has 0 nitrogen and oxygen atoms in total. The first kappa shape index (κ1) is 7.84. The van der Waals surface area contributed by atoms with Crippen LogP contribution in [0.3, 0.4) is 0 Å². The Morgan fingerprint density at radius 2 is 2.00 bits per heavy atom.